The van der Waals surface area contributed by atoms with Crippen molar-refractivity contribution >= 4 is 11.6 Å². The van der Waals surface area contributed by atoms with Crippen molar-refractivity contribution in [1.82, 2.24) is 9.78 Å². The Morgan fingerprint density at radius 3 is 2.71 bits per heavy atom. The second-order valence-corrected chi connectivity index (χ2v) is 6.15. The first-order valence-corrected chi connectivity index (χ1v) is 8.19. The lowest BCUT2D eigenvalue weighted by atomic mass is 10.1. The van der Waals surface area contributed by atoms with Crippen LogP contribution in [0.5, 0.6) is 0 Å². The van der Waals surface area contributed by atoms with Crippen molar-refractivity contribution in [2.45, 2.75) is 53.5 Å². The number of benzene rings is 1. The summed E-state index contributed by atoms with van der Waals surface area (Å²) in [5, 5.41) is 16.2. The highest BCUT2D eigenvalue weighted by Gasteiger charge is 2.13. The minimum Gasteiger partial charge on any atom is -0.326 e. The Hall–Kier alpha value is -2.61. The summed E-state index contributed by atoms with van der Waals surface area (Å²) in [4.78, 5) is 12.2. The van der Waals surface area contributed by atoms with E-state index in [0.717, 1.165) is 28.2 Å². The maximum atomic E-state index is 12.2. The molecule has 5 nitrogen and oxygen atoms in total. The number of carbonyl (C=O) groups is 1. The molecule has 2 rings (SSSR count). The van der Waals surface area contributed by atoms with Crippen LogP contribution in [0.25, 0.3) is 0 Å². The van der Waals surface area contributed by atoms with Crippen LogP contribution in [0.1, 0.15) is 40.9 Å². The van der Waals surface area contributed by atoms with Gasteiger partial charge in [-0.05, 0) is 51.3 Å². The molecule has 0 fully saturated rings. The van der Waals surface area contributed by atoms with Crippen LogP contribution in [0.2, 0.25) is 0 Å². The first-order valence-electron chi connectivity index (χ1n) is 8.19. The van der Waals surface area contributed by atoms with Gasteiger partial charge in [0.05, 0.1) is 24.7 Å². The number of aryl methyl sites for hydroxylation is 4. The van der Waals surface area contributed by atoms with Crippen LogP contribution in [0, 0.1) is 39.0 Å². The number of anilines is 1. The molecule has 0 aliphatic carbocycles. The molecule has 0 saturated carbocycles. The third-order valence-corrected chi connectivity index (χ3v) is 4.22. The van der Waals surface area contributed by atoms with E-state index in [0.29, 0.717) is 25.8 Å². The topological polar surface area (TPSA) is 70.7 Å². The van der Waals surface area contributed by atoms with Crippen molar-refractivity contribution in [1.29, 1.82) is 5.26 Å². The Morgan fingerprint density at radius 1 is 1.29 bits per heavy atom. The zero-order chi connectivity index (χ0) is 17.7. The van der Waals surface area contributed by atoms with Crippen molar-refractivity contribution in [3.8, 4) is 6.07 Å². The zero-order valence-electron chi connectivity index (χ0n) is 14.8. The number of nitrogens with zero attached hydrogens (tertiary/aromatic N) is 3. The summed E-state index contributed by atoms with van der Waals surface area (Å²) in [6.07, 6.45) is 1.51. The Balaban J connectivity index is 1.99. The van der Waals surface area contributed by atoms with Crippen molar-refractivity contribution in [2.24, 2.45) is 0 Å². The van der Waals surface area contributed by atoms with E-state index in [9.17, 15) is 4.79 Å². The molecule has 5 heteroatoms. The van der Waals surface area contributed by atoms with Crippen LogP contribution in [0.15, 0.2) is 18.2 Å². The number of nitrogens with one attached hydrogen (secondary N) is 1. The van der Waals surface area contributed by atoms with Gasteiger partial charge in [-0.25, -0.2) is 0 Å². The lowest BCUT2D eigenvalue weighted by Gasteiger charge is -2.09. The molecule has 1 heterocycles. The molecule has 2 aromatic rings. The second-order valence-electron chi connectivity index (χ2n) is 6.15. The molecule has 24 heavy (non-hydrogen) atoms. The molecule has 126 valence electrons. The lowest BCUT2D eigenvalue weighted by molar-refractivity contribution is -0.116. The van der Waals surface area contributed by atoms with Crippen LogP contribution in [-0.2, 0) is 17.8 Å². The molecule has 1 aromatic carbocycles. The van der Waals surface area contributed by atoms with E-state index >= 15 is 0 Å². The van der Waals surface area contributed by atoms with Gasteiger partial charge in [0.2, 0.25) is 5.91 Å². The van der Waals surface area contributed by atoms with Gasteiger partial charge in [-0.3, -0.25) is 9.48 Å². The number of hydrogen-bond acceptors (Lipinski definition) is 3. The van der Waals surface area contributed by atoms with Crippen molar-refractivity contribution in [2.75, 3.05) is 5.32 Å². The monoisotopic (exact) mass is 324 g/mol. The van der Waals surface area contributed by atoms with Gasteiger partial charge in [0.1, 0.15) is 0 Å². The zero-order valence-corrected chi connectivity index (χ0v) is 14.8. The normalized spacial score (nSPS) is 10.5. The standard InChI is InChI=1S/C19H24N4O/c1-13-6-8-18(14(2)12-13)21-19(24)9-7-17-15(3)22-23(16(17)4)11-5-10-20/h6,8,12H,5,7,9,11H2,1-4H3,(H,21,24). The van der Waals surface area contributed by atoms with E-state index in [1.807, 2.05) is 44.5 Å². The maximum Gasteiger partial charge on any atom is 0.224 e. The summed E-state index contributed by atoms with van der Waals surface area (Å²) in [6.45, 7) is 8.57. The molecule has 0 bridgehead atoms. The number of rotatable bonds is 6. The number of amides is 1. The number of aromatic nitrogens is 2. The van der Waals surface area contributed by atoms with Crippen molar-refractivity contribution in [3.05, 3.63) is 46.3 Å². The molecule has 0 spiro atoms. The fraction of sp³-hybridized carbons (Fsp3) is 0.421. The van der Waals surface area contributed by atoms with E-state index in [1.165, 1.54) is 5.56 Å². The smallest absolute Gasteiger partial charge is 0.224 e. The van der Waals surface area contributed by atoms with Crippen LogP contribution < -0.4 is 5.32 Å². The van der Waals surface area contributed by atoms with E-state index in [-0.39, 0.29) is 5.91 Å². The predicted molar refractivity (Wildman–Crippen MR) is 94.8 cm³/mol. The number of nitriles is 1. The third-order valence-electron chi connectivity index (χ3n) is 4.22. The summed E-state index contributed by atoms with van der Waals surface area (Å²) < 4.78 is 1.86. The quantitative estimate of drug-likeness (QED) is 0.882. The summed E-state index contributed by atoms with van der Waals surface area (Å²) in [6, 6.07) is 8.13. The lowest BCUT2D eigenvalue weighted by Crippen LogP contribution is -2.13. The maximum absolute atomic E-state index is 12.2. The molecule has 0 aliphatic heterocycles. The molecular weight excluding hydrogens is 300 g/mol. The van der Waals surface area contributed by atoms with Crippen LogP contribution in [0.3, 0.4) is 0 Å². The fourth-order valence-corrected chi connectivity index (χ4v) is 2.87. The molecule has 0 radical (unpaired) electrons. The van der Waals surface area contributed by atoms with Crippen LogP contribution in [-0.4, -0.2) is 15.7 Å². The average Bonchev–Trinajstić information content (AvgIpc) is 2.80. The highest BCUT2D eigenvalue weighted by Crippen LogP contribution is 2.18. The fourth-order valence-electron chi connectivity index (χ4n) is 2.87. The Kier molecular flexibility index (Phi) is 5.75. The molecule has 1 N–H and O–H groups in total. The van der Waals surface area contributed by atoms with Gasteiger partial charge in [0, 0.05) is 17.8 Å². The first-order chi connectivity index (χ1) is 11.4. The predicted octanol–water partition coefficient (Wildman–Crippen LogP) is 3.60. The minimum absolute atomic E-state index is 0.00512. The highest BCUT2D eigenvalue weighted by molar-refractivity contribution is 5.91. The Morgan fingerprint density at radius 2 is 2.04 bits per heavy atom. The molecule has 1 aromatic heterocycles. The number of hydrogen-bond donors (Lipinski definition) is 1. The van der Waals surface area contributed by atoms with Gasteiger partial charge in [-0.2, -0.15) is 10.4 Å². The summed E-state index contributed by atoms with van der Waals surface area (Å²) in [5.74, 6) is 0.00512. The van der Waals surface area contributed by atoms with E-state index in [1.54, 1.807) is 0 Å². The number of carbonyl (C=O) groups excluding carboxylic acids is 1. The minimum atomic E-state index is 0.00512. The molecular formula is C19H24N4O. The van der Waals surface area contributed by atoms with Gasteiger partial charge in [-0.15, -0.1) is 0 Å². The first kappa shape index (κ1) is 17.7. The molecule has 1 amide bonds. The Bertz CT molecular complexity index is 783. The van der Waals surface area contributed by atoms with Crippen LogP contribution in [0.4, 0.5) is 5.69 Å². The SMILES string of the molecule is Cc1ccc(NC(=O)CCc2c(C)nn(CCC#N)c2C)c(C)c1. The van der Waals surface area contributed by atoms with Crippen LogP contribution >= 0.6 is 0 Å². The molecule has 0 saturated heterocycles. The molecule has 0 aliphatic rings. The summed E-state index contributed by atoms with van der Waals surface area (Å²) >= 11 is 0. The highest BCUT2D eigenvalue weighted by atomic mass is 16.1. The third kappa shape index (κ3) is 4.23. The van der Waals surface area contributed by atoms with Gasteiger partial charge in [-0.1, -0.05) is 17.7 Å². The van der Waals surface area contributed by atoms with E-state index in [2.05, 4.69) is 22.6 Å². The average molecular weight is 324 g/mol. The second kappa shape index (κ2) is 7.78. The van der Waals surface area contributed by atoms with Gasteiger partial charge < -0.3 is 5.32 Å². The summed E-state index contributed by atoms with van der Waals surface area (Å²) in [7, 11) is 0. The van der Waals surface area contributed by atoms with E-state index < -0.39 is 0 Å². The van der Waals surface area contributed by atoms with Gasteiger partial charge in [0.15, 0.2) is 0 Å². The van der Waals surface area contributed by atoms with Crippen molar-refractivity contribution in [3.63, 3.8) is 0 Å². The largest absolute Gasteiger partial charge is 0.326 e. The Labute approximate surface area is 143 Å². The van der Waals surface area contributed by atoms with Gasteiger partial charge >= 0.3 is 0 Å². The van der Waals surface area contributed by atoms with E-state index in [4.69, 9.17) is 5.26 Å². The molecule has 0 atom stereocenters. The van der Waals surface area contributed by atoms with Gasteiger partial charge in [0.25, 0.3) is 0 Å². The van der Waals surface area contributed by atoms with Crippen molar-refractivity contribution < 1.29 is 4.79 Å². The summed E-state index contributed by atoms with van der Waals surface area (Å²) in [5.41, 5.74) is 6.20. The molecule has 0 unspecified atom stereocenters.